The normalized spacial score (nSPS) is 14.0. The largest absolute Gasteiger partial charge is 0.478 e. The molecule has 0 aliphatic heterocycles. The Morgan fingerprint density at radius 3 is 2.93 bits per heavy atom. The van der Waals surface area contributed by atoms with E-state index in [2.05, 4.69) is 22.2 Å². The highest BCUT2D eigenvalue weighted by Crippen LogP contribution is 2.35. The second kappa shape index (κ2) is 8.30. The van der Waals surface area contributed by atoms with E-state index in [1.54, 1.807) is 6.20 Å². The van der Waals surface area contributed by atoms with E-state index in [9.17, 15) is 8.60 Å². The maximum Gasteiger partial charge on any atom is 0.213 e. The number of rotatable bonds is 7. The molecule has 4 N–H and O–H groups in total. The van der Waals surface area contributed by atoms with Crippen LogP contribution in [0.4, 0.5) is 10.1 Å². The average molecular weight is 415 g/mol. The van der Waals surface area contributed by atoms with Gasteiger partial charge in [-0.1, -0.05) is 12.1 Å². The number of pyridine rings is 1. The van der Waals surface area contributed by atoms with Crippen molar-refractivity contribution in [2.45, 2.75) is 37.3 Å². The fraction of sp³-hybridized carbons (Fsp3) is 0.300. The number of ether oxygens (including phenoxy) is 1. The number of nitrogens with two attached hydrogens (primary N) is 2. The second-order valence-corrected chi connectivity index (χ2v) is 7.93. The molecule has 0 bridgehead atoms. The van der Waals surface area contributed by atoms with Gasteiger partial charge in [0.2, 0.25) is 5.88 Å². The van der Waals surface area contributed by atoms with Crippen LogP contribution >= 0.6 is 0 Å². The molecule has 1 atom stereocenters. The number of hydrogen-bond acceptors (Lipinski definition) is 5. The van der Waals surface area contributed by atoms with Crippen molar-refractivity contribution in [1.29, 1.82) is 0 Å². The van der Waals surface area contributed by atoms with Crippen LogP contribution in [-0.4, -0.2) is 25.6 Å². The predicted octanol–water partition coefficient (Wildman–Crippen LogP) is 2.61. The molecule has 0 saturated carbocycles. The third kappa shape index (κ3) is 4.15. The van der Waals surface area contributed by atoms with Crippen LogP contribution < -0.4 is 15.6 Å². The van der Waals surface area contributed by atoms with Gasteiger partial charge in [-0.25, -0.2) is 18.7 Å². The van der Waals surface area contributed by atoms with E-state index >= 15 is 0 Å². The fourth-order valence-electron chi connectivity index (χ4n) is 3.64. The van der Waals surface area contributed by atoms with Crippen molar-refractivity contribution in [2.75, 3.05) is 12.3 Å². The average Bonchev–Trinajstić information content (AvgIpc) is 3.33. The zero-order valence-electron chi connectivity index (χ0n) is 15.8. The Labute approximate surface area is 170 Å². The first-order valence-electron chi connectivity index (χ1n) is 9.41. The van der Waals surface area contributed by atoms with Gasteiger partial charge in [0.05, 0.1) is 12.8 Å². The smallest absolute Gasteiger partial charge is 0.213 e. The van der Waals surface area contributed by atoms with Gasteiger partial charge in [0.1, 0.15) is 11.0 Å². The maximum absolute atomic E-state index is 13.5. The quantitative estimate of drug-likeness (QED) is 0.455. The van der Waals surface area contributed by atoms with Gasteiger partial charge in [-0.15, -0.1) is 0 Å². The van der Waals surface area contributed by atoms with Crippen molar-refractivity contribution in [1.82, 2.24) is 14.8 Å². The van der Waals surface area contributed by atoms with Gasteiger partial charge < -0.3 is 10.5 Å². The van der Waals surface area contributed by atoms with Crippen LogP contribution in [0.5, 0.6) is 5.88 Å². The van der Waals surface area contributed by atoms with Gasteiger partial charge in [-0.3, -0.25) is 4.68 Å². The Balaban J connectivity index is 1.39. The summed E-state index contributed by atoms with van der Waals surface area (Å²) >= 11 is 0. The number of nitrogens with zero attached hydrogens (tertiary/aromatic N) is 3. The fourth-order valence-corrected chi connectivity index (χ4v) is 4.07. The topological polar surface area (TPSA) is 109 Å². The Hall–Kier alpha value is -2.78. The molecule has 0 saturated heterocycles. The Morgan fingerprint density at radius 2 is 2.14 bits per heavy atom. The van der Waals surface area contributed by atoms with Crippen LogP contribution in [0.2, 0.25) is 0 Å². The van der Waals surface area contributed by atoms with Crippen molar-refractivity contribution in [3.63, 3.8) is 0 Å². The molecule has 152 valence electrons. The summed E-state index contributed by atoms with van der Waals surface area (Å²) in [5.74, 6) is -0.175. The summed E-state index contributed by atoms with van der Waals surface area (Å²) < 4.78 is 31.8. The van der Waals surface area contributed by atoms with Crippen molar-refractivity contribution in [3.05, 3.63) is 53.6 Å². The van der Waals surface area contributed by atoms with Crippen LogP contribution in [0.1, 0.15) is 24.0 Å². The number of aromatic nitrogens is 3. The molecule has 9 heteroatoms. The van der Waals surface area contributed by atoms with E-state index in [-0.39, 0.29) is 5.03 Å². The van der Waals surface area contributed by atoms with E-state index in [4.69, 9.17) is 15.6 Å². The van der Waals surface area contributed by atoms with E-state index in [0.717, 1.165) is 36.1 Å². The van der Waals surface area contributed by atoms with Crippen molar-refractivity contribution in [3.8, 4) is 17.0 Å². The lowest BCUT2D eigenvalue weighted by Crippen LogP contribution is -2.08. The number of hydrogen-bond donors (Lipinski definition) is 2. The lowest BCUT2D eigenvalue weighted by atomic mass is 9.98. The third-order valence-electron chi connectivity index (χ3n) is 5.03. The first kappa shape index (κ1) is 19.5. The monoisotopic (exact) mass is 415 g/mol. The third-order valence-corrected chi connectivity index (χ3v) is 5.69. The summed E-state index contributed by atoms with van der Waals surface area (Å²) in [5, 5.41) is 8.81. The minimum absolute atomic E-state index is 0.243. The number of anilines is 1. The molecule has 2 heterocycles. The number of nitrogen functional groups attached to an aromatic ring is 1. The summed E-state index contributed by atoms with van der Waals surface area (Å²) in [6.45, 7) is 0.782. The van der Waals surface area contributed by atoms with Gasteiger partial charge in [0.25, 0.3) is 0 Å². The summed E-state index contributed by atoms with van der Waals surface area (Å²) in [7, 11) is -1.94. The van der Waals surface area contributed by atoms with Crippen molar-refractivity contribution >= 4 is 16.7 Å². The Kier molecular flexibility index (Phi) is 5.59. The van der Waals surface area contributed by atoms with E-state index < -0.39 is 16.8 Å². The summed E-state index contributed by atoms with van der Waals surface area (Å²) in [6.07, 6.45) is 6.71. The van der Waals surface area contributed by atoms with Gasteiger partial charge in [-0.05, 0) is 42.0 Å². The van der Waals surface area contributed by atoms with Crippen LogP contribution in [0.25, 0.3) is 11.1 Å². The van der Waals surface area contributed by atoms with E-state index in [0.29, 0.717) is 25.5 Å². The molecule has 2 aromatic heterocycles. The van der Waals surface area contributed by atoms with E-state index in [1.807, 2.05) is 12.1 Å². The number of aryl methyl sites for hydroxylation is 2. The molecular weight excluding hydrogens is 393 g/mol. The highest BCUT2D eigenvalue weighted by atomic mass is 32.2. The minimum Gasteiger partial charge on any atom is -0.478 e. The lowest BCUT2D eigenvalue weighted by molar-refractivity contribution is 0.287. The van der Waals surface area contributed by atoms with Crippen LogP contribution in [0.3, 0.4) is 0 Å². The Morgan fingerprint density at radius 1 is 1.28 bits per heavy atom. The molecule has 29 heavy (non-hydrogen) atoms. The molecule has 1 aromatic carbocycles. The zero-order valence-corrected chi connectivity index (χ0v) is 16.6. The predicted molar refractivity (Wildman–Crippen MR) is 109 cm³/mol. The summed E-state index contributed by atoms with van der Waals surface area (Å²) in [6, 6.07) is 8.00. The molecule has 1 aliphatic carbocycles. The molecule has 0 amide bonds. The SMILES string of the molecule is Nc1c(-c2ccnc(OCCCn3cc(F)c(S(N)=O)n3)c2)ccc2c1CCC2. The van der Waals surface area contributed by atoms with Crippen LogP contribution in [0.15, 0.2) is 41.7 Å². The molecule has 1 unspecified atom stereocenters. The zero-order chi connectivity index (χ0) is 20.4. The lowest BCUT2D eigenvalue weighted by Gasteiger charge is -2.12. The molecule has 7 nitrogen and oxygen atoms in total. The van der Waals surface area contributed by atoms with Gasteiger partial charge in [0.15, 0.2) is 10.8 Å². The number of benzene rings is 1. The van der Waals surface area contributed by atoms with Crippen molar-refractivity contribution in [2.24, 2.45) is 5.14 Å². The molecule has 0 spiro atoms. The van der Waals surface area contributed by atoms with E-state index in [1.165, 1.54) is 22.0 Å². The molecule has 4 rings (SSSR count). The summed E-state index contributed by atoms with van der Waals surface area (Å²) in [4.78, 5) is 4.25. The van der Waals surface area contributed by atoms with Gasteiger partial charge >= 0.3 is 0 Å². The molecule has 0 radical (unpaired) electrons. The molecule has 1 aliphatic rings. The number of fused-ring (bicyclic) bond motifs is 1. The van der Waals surface area contributed by atoms with Crippen LogP contribution in [0, 0.1) is 5.82 Å². The molecule has 0 fully saturated rings. The highest BCUT2D eigenvalue weighted by Gasteiger charge is 2.17. The van der Waals surface area contributed by atoms with Gasteiger partial charge in [-0.2, -0.15) is 5.10 Å². The minimum atomic E-state index is -1.94. The maximum atomic E-state index is 13.5. The highest BCUT2D eigenvalue weighted by molar-refractivity contribution is 7.82. The van der Waals surface area contributed by atoms with Gasteiger partial charge in [0, 0.05) is 36.5 Å². The Bertz CT molecular complexity index is 1070. The molecular formula is C20H22FN5O2S. The summed E-state index contributed by atoms with van der Waals surface area (Å²) in [5.41, 5.74) is 11.8. The number of halogens is 1. The first-order valence-corrected chi connectivity index (χ1v) is 10.6. The van der Waals surface area contributed by atoms with Crippen molar-refractivity contribution < 1.29 is 13.3 Å². The standard InChI is InChI=1S/C20H22FN5O2S/c21-17-12-26(25-20(17)29(23)27)9-2-10-28-18-11-14(7-8-24-18)16-6-5-13-3-1-4-15(13)19(16)22/h5-8,11-12H,1-4,9-10,22-23H2. The first-order chi connectivity index (χ1) is 14.0. The van der Waals surface area contributed by atoms with Crippen LogP contribution in [-0.2, 0) is 30.4 Å². The molecule has 3 aromatic rings. The second-order valence-electron chi connectivity index (χ2n) is 6.95.